The maximum absolute atomic E-state index is 13.4. The van der Waals surface area contributed by atoms with Crippen LogP contribution in [-0.4, -0.2) is 25.0 Å². The van der Waals surface area contributed by atoms with Crippen molar-refractivity contribution < 1.29 is 23.9 Å². The number of rotatable bonds is 8. The number of barbiturate groups is 1. The number of amides is 4. The maximum atomic E-state index is 13.4. The number of aryl methyl sites for hydroxylation is 1. The normalized spacial score (nSPS) is 14.5. The number of carbonyl (C=O) groups excluding carboxylic acids is 3. The average Bonchev–Trinajstić information content (AvgIpc) is 2.88. The fourth-order valence-electron chi connectivity index (χ4n) is 4.02. The molecule has 1 aliphatic rings. The van der Waals surface area contributed by atoms with Gasteiger partial charge in [0.2, 0.25) is 0 Å². The summed E-state index contributed by atoms with van der Waals surface area (Å²) in [4.78, 5) is 39.6. The average molecular weight is 551 g/mol. The summed E-state index contributed by atoms with van der Waals surface area (Å²) in [6.45, 7) is 5.76. The van der Waals surface area contributed by atoms with E-state index in [2.05, 4.69) is 11.9 Å². The standard InChI is InChI=1S/C29H24Cl2N2O5/c1-4-7-19-12-18(14-25(37-3)26(19)38-16-20-8-5-6-9-23(20)31)13-22-27(34)32-29(36)33(28(22)35)24-15-21(30)11-10-17(24)2/h4-6,8-15H,1,7,16H2,2-3H3,(H,32,34,36)/b22-13+. The van der Waals surface area contributed by atoms with Crippen molar-refractivity contribution in [2.75, 3.05) is 12.0 Å². The Balaban J connectivity index is 1.73. The third kappa shape index (κ3) is 5.59. The second-order valence-corrected chi connectivity index (χ2v) is 9.32. The molecule has 0 unspecified atom stereocenters. The monoisotopic (exact) mass is 550 g/mol. The molecule has 4 amide bonds. The van der Waals surface area contributed by atoms with E-state index >= 15 is 0 Å². The number of benzene rings is 3. The molecule has 0 atom stereocenters. The van der Waals surface area contributed by atoms with Crippen LogP contribution in [0.5, 0.6) is 11.5 Å². The fourth-order valence-corrected chi connectivity index (χ4v) is 4.38. The molecule has 1 N–H and O–H groups in total. The number of hydrogen-bond donors (Lipinski definition) is 1. The van der Waals surface area contributed by atoms with E-state index in [1.807, 2.05) is 18.2 Å². The number of ether oxygens (including phenoxy) is 2. The first-order valence-corrected chi connectivity index (χ1v) is 12.3. The van der Waals surface area contributed by atoms with Crippen molar-refractivity contribution in [3.8, 4) is 11.5 Å². The first-order valence-electron chi connectivity index (χ1n) is 11.6. The van der Waals surface area contributed by atoms with Crippen molar-refractivity contribution in [1.29, 1.82) is 0 Å². The minimum atomic E-state index is -0.851. The summed E-state index contributed by atoms with van der Waals surface area (Å²) in [5.74, 6) is -0.697. The highest BCUT2D eigenvalue weighted by Gasteiger charge is 2.37. The zero-order chi connectivity index (χ0) is 27.4. The van der Waals surface area contributed by atoms with Gasteiger partial charge in [0.1, 0.15) is 12.2 Å². The first-order chi connectivity index (χ1) is 18.2. The fraction of sp³-hybridized carbons (Fsp3) is 0.138. The summed E-state index contributed by atoms with van der Waals surface area (Å²) in [5, 5.41) is 3.15. The Morgan fingerprint density at radius 1 is 1.03 bits per heavy atom. The molecule has 3 aromatic rings. The van der Waals surface area contributed by atoms with Gasteiger partial charge in [0.25, 0.3) is 11.8 Å². The van der Waals surface area contributed by atoms with Crippen LogP contribution in [0.15, 0.2) is 72.8 Å². The van der Waals surface area contributed by atoms with E-state index in [4.69, 9.17) is 32.7 Å². The van der Waals surface area contributed by atoms with Crippen LogP contribution in [0.1, 0.15) is 22.3 Å². The molecule has 0 aromatic heterocycles. The Morgan fingerprint density at radius 2 is 1.79 bits per heavy atom. The molecule has 7 nitrogen and oxygen atoms in total. The van der Waals surface area contributed by atoms with Gasteiger partial charge in [-0.05, 0) is 60.9 Å². The van der Waals surface area contributed by atoms with E-state index in [-0.39, 0.29) is 17.9 Å². The molecule has 9 heteroatoms. The topological polar surface area (TPSA) is 84.9 Å². The van der Waals surface area contributed by atoms with Crippen LogP contribution in [0.2, 0.25) is 10.0 Å². The van der Waals surface area contributed by atoms with E-state index in [1.54, 1.807) is 43.3 Å². The summed E-state index contributed by atoms with van der Waals surface area (Å²) in [6.07, 6.45) is 3.54. The molecule has 4 rings (SSSR count). The number of halogens is 2. The molecule has 0 spiro atoms. The lowest BCUT2D eigenvalue weighted by Gasteiger charge is -2.27. The molecule has 0 saturated carbocycles. The van der Waals surface area contributed by atoms with E-state index in [9.17, 15) is 14.4 Å². The third-order valence-electron chi connectivity index (χ3n) is 5.89. The molecule has 1 aliphatic heterocycles. The molecule has 0 radical (unpaired) electrons. The van der Waals surface area contributed by atoms with Gasteiger partial charge in [-0.2, -0.15) is 0 Å². The Labute approximate surface area is 230 Å². The molecule has 1 saturated heterocycles. The maximum Gasteiger partial charge on any atom is 0.335 e. The van der Waals surface area contributed by atoms with Crippen LogP contribution in [0.25, 0.3) is 6.08 Å². The lowest BCUT2D eigenvalue weighted by Crippen LogP contribution is -2.54. The van der Waals surface area contributed by atoms with Gasteiger partial charge >= 0.3 is 6.03 Å². The van der Waals surface area contributed by atoms with Crippen molar-refractivity contribution in [3.63, 3.8) is 0 Å². The largest absolute Gasteiger partial charge is 0.493 e. The summed E-state index contributed by atoms with van der Waals surface area (Å²) in [7, 11) is 1.49. The Hall–Kier alpha value is -4.07. The predicted octanol–water partition coefficient (Wildman–Crippen LogP) is 6.28. The number of nitrogens with one attached hydrogen (secondary N) is 1. The number of anilines is 1. The molecule has 0 bridgehead atoms. The van der Waals surface area contributed by atoms with Crippen molar-refractivity contribution in [2.45, 2.75) is 20.0 Å². The van der Waals surface area contributed by atoms with Crippen LogP contribution in [0.4, 0.5) is 10.5 Å². The molecule has 1 heterocycles. The Bertz CT molecular complexity index is 1480. The predicted molar refractivity (Wildman–Crippen MR) is 148 cm³/mol. The molecule has 0 aliphatic carbocycles. The van der Waals surface area contributed by atoms with Gasteiger partial charge < -0.3 is 9.47 Å². The summed E-state index contributed by atoms with van der Waals surface area (Å²) >= 11 is 12.4. The van der Waals surface area contributed by atoms with E-state index < -0.39 is 17.8 Å². The molecule has 3 aromatic carbocycles. The minimum absolute atomic E-state index is 0.206. The van der Waals surface area contributed by atoms with Gasteiger partial charge in [0.05, 0.1) is 12.8 Å². The molecule has 1 fully saturated rings. The van der Waals surface area contributed by atoms with Gasteiger partial charge in [0.15, 0.2) is 11.5 Å². The second-order valence-electron chi connectivity index (χ2n) is 8.47. The summed E-state index contributed by atoms with van der Waals surface area (Å²) < 4.78 is 11.7. The lowest BCUT2D eigenvalue weighted by molar-refractivity contribution is -0.122. The number of hydrogen-bond acceptors (Lipinski definition) is 5. The lowest BCUT2D eigenvalue weighted by atomic mass is 10.0. The number of nitrogens with zero attached hydrogens (tertiary/aromatic N) is 1. The SMILES string of the molecule is C=CCc1cc(/C=C2\C(=O)NC(=O)N(c3cc(Cl)ccc3C)C2=O)cc(OC)c1OCc1ccccc1Cl. The van der Waals surface area contributed by atoms with E-state index in [1.165, 1.54) is 19.3 Å². The van der Waals surface area contributed by atoms with Crippen LogP contribution in [-0.2, 0) is 22.6 Å². The van der Waals surface area contributed by atoms with Crippen molar-refractivity contribution in [3.05, 3.63) is 105 Å². The quantitative estimate of drug-likeness (QED) is 0.202. The van der Waals surface area contributed by atoms with E-state index in [0.29, 0.717) is 39.1 Å². The van der Waals surface area contributed by atoms with Gasteiger partial charge in [0, 0.05) is 21.2 Å². The van der Waals surface area contributed by atoms with Crippen molar-refractivity contribution in [1.82, 2.24) is 5.32 Å². The van der Waals surface area contributed by atoms with Crippen LogP contribution < -0.4 is 19.7 Å². The second kappa shape index (κ2) is 11.5. The number of allylic oxidation sites excluding steroid dienone is 1. The zero-order valence-electron chi connectivity index (χ0n) is 20.7. The minimum Gasteiger partial charge on any atom is -0.493 e. The molecule has 194 valence electrons. The third-order valence-corrected chi connectivity index (χ3v) is 6.50. The molecular weight excluding hydrogens is 527 g/mol. The summed E-state index contributed by atoms with van der Waals surface area (Å²) in [5.41, 5.74) is 2.73. The Kier molecular flexibility index (Phi) is 8.20. The van der Waals surface area contributed by atoms with E-state index in [0.717, 1.165) is 16.0 Å². The highest BCUT2D eigenvalue weighted by molar-refractivity contribution is 6.39. The summed E-state index contributed by atoms with van der Waals surface area (Å²) in [6, 6.07) is 14.7. The number of imide groups is 2. The van der Waals surface area contributed by atoms with Gasteiger partial charge in [-0.25, -0.2) is 9.69 Å². The van der Waals surface area contributed by atoms with Crippen molar-refractivity contribution in [2.24, 2.45) is 0 Å². The van der Waals surface area contributed by atoms with Crippen LogP contribution >= 0.6 is 23.2 Å². The van der Waals surface area contributed by atoms with Gasteiger partial charge in [-0.3, -0.25) is 14.9 Å². The molecular formula is C29H24Cl2N2O5. The smallest absolute Gasteiger partial charge is 0.335 e. The highest BCUT2D eigenvalue weighted by atomic mass is 35.5. The van der Waals surface area contributed by atoms with Gasteiger partial charge in [-0.1, -0.05) is 53.5 Å². The zero-order valence-corrected chi connectivity index (χ0v) is 22.2. The number of methoxy groups -OCH3 is 1. The number of urea groups is 1. The van der Waals surface area contributed by atoms with Gasteiger partial charge in [-0.15, -0.1) is 6.58 Å². The Morgan fingerprint density at radius 3 is 2.50 bits per heavy atom. The van der Waals surface area contributed by atoms with Crippen LogP contribution in [0, 0.1) is 6.92 Å². The van der Waals surface area contributed by atoms with Crippen molar-refractivity contribution >= 4 is 52.8 Å². The number of carbonyl (C=O) groups is 3. The van der Waals surface area contributed by atoms with Crippen LogP contribution in [0.3, 0.4) is 0 Å². The molecule has 38 heavy (non-hydrogen) atoms. The first kappa shape index (κ1) is 27.0. The highest BCUT2D eigenvalue weighted by Crippen LogP contribution is 2.36.